The van der Waals surface area contributed by atoms with E-state index in [4.69, 9.17) is 0 Å². The molecule has 1 N–H and O–H groups in total. The number of hydrogen-bond acceptors (Lipinski definition) is 2. The Bertz CT molecular complexity index is 422. The first-order valence-electron chi connectivity index (χ1n) is 7.93. The Morgan fingerprint density at radius 1 is 1.29 bits per heavy atom. The van der Waals surface area contributed by atoms with Crippen molar-refractivity contribution in [3.05, 3.63) is 35.9 Å². The van der Waals surface area contributed by atoms with Gasteiger partial charge in [0.15, 0.2) is 0 Å². The molecule has 0 radical (unpaired) electrons. The highest BCUT2D eigenvalue weighted by atomic mass is 19.3. The van der Waals surface area contributed by atoms with Gasteiger partial charge in [0.1, 0.15) is 0 Å². The fourth-order valence-electron chi connectivity index (χ4n) is 3.00. The average molecular weight is 296 g/mol. The number of rotatable bonds is 5. The minimum atomic E-state index is -2.80. The molecule has 0 aromatic heterocycles. The van der Waals surface area contributed by atoms with Crippen LogP contribution in [0.5, 0.6) is 0 Å². The first kappa shape index (κ1) is 16.4. The lowest BCUT2D eigenvalue weighted by atomic mass is 10.1. The third-order valence-corrected chi connectivity index (χ3v) is 4.31. The molecule has 1 heterocycles. The minimum absolute atomic E-state index is 0.112. The van der Waals surface area contributed by atoms with Gasteiger partial charge in [0.05, 0.1) is 6.54 Å². The molecule has 4 heteroatoms. The van der Waals surface area contributed by atoms with E-state index >= 15 is 0 Å². The predicted molar refractivity (Wildman–Crippen MR) is 82.7 cm³/mol. The Kier molecular flexibility index (Phi) is 5.71. The van der Waals surface area contributed by atoms with Crippen molar-refractivity contribution in [3.8, 4) is 0 Å². The van der Waals surface area contributed by atoms with E-state index in [-0.39, 0.29) is 18.2 Å². The molecule has 1 saturated heterocycles. The normalized spacial score (nSPS) is 24.8. The van der Waals surface area contributed by atoms with Crippen LogP contribution in [0.2, 0.25) is 0 Å². The minimum Gasteiger partial charge on any atom is -0.313 e. The second kappa shape index (κ2) is 7.32. The third kappa shape index (κ3) is 4.48. The zero-order valence-corrected chi connectivity index (χ0v) is 13.0. The van der Waals surface area contributed by atoms with Gasteiger partial charge in [-0.15, -0.1) is 0 Å². The van der Waals surface area contributed by atoms with Gasteiger partial charge in [0.25, 0.3) is 5.92 Å². The van der Waals surface area contributed by atoms with E-state index < -0.39 is 5.92 Å². The summed E-state index contributed by atoms with van der Waals surface area (Å²) in [5, 5.41) is 3.48. The van der Waals surface area contributed by atoms with Crippen LogP contribution in [0.3, 0.4) is 0 Å². The topological polar surface area (TPSA) is 15.3 Å². The Hall–Kier alpha value is -1.00. The number of benzene rings is 1. The van der Waals surface area contributed by atoms with E-state index in [1.807, 2.05) is 4.90 Å². The summed E-state index contributed by atoms with van der Waals surface area (Å²) in [6.45, 7) is 5.62. The molecule has 2 rings (SSSR count). The smallest absolute Gasteiger partial charge is 0.285 e. The van der Waals surface area contributed by atoms with Crippen LogP contribution in [0, 0.1) is 0 Å². The summed E-state index contributed by atoms with van der Waals surface area (Å²) in [5.74, 6) is -2.80. The Balaban J connectivity index is 2.07. The molecule has 118 valence electrons. The van der Waals surface area contributed by atoms with Gasteiger partial charge in [-0.2, -0.15) is 8.78 Å². The van der Waals surface area contributed by atoms with Crippen molar-refractivity contribution in [1.29, 1.82) is 0 Å². The summed E-state index contributed by atoms with van der Waals surface area (Å²) >= 11 is 0. The van der Waals surface area contributed by atoms with Gasteiger partial charge in [-0.1, -0.05) is 43.7 Å². The molecule has 0 spiro atoms. The van der Waals surface area contributed by atoms with Gasteiger partial charge < -0.3 is 5.32 Å². The van der Waals surface area contributed by atoms with Gasteiger partial charge in [-0.25, -0.2) is 0 Å². The molecule has 0 aliphatic carbocycles. The summed E-state index contributed by atoms with van der Waals surface area (Å²) in [6.07, 6.45) is 3.04. The molecule has 2 unspecified atom stereocenters. The first-order chi connectivity index (χ1) is 10.0. The molecular formula is C17H26F2N2. The Morgan fingerprint density at radius 2 is 2.00 bits per heavy atom. The van der Waals surface area contributed by atoms with E-state index in [9.17, 15) is 8.78 Å². The van der Waals surface area contributed by atoms with Crippen LogP contribution in [0.1, 0.15) is 38.7 Å². The summed E-state index contributed by atoms with van der Waals surface area (Å²) in [5.41, 5.74) is 0.112. The highest BCUT2D eigenvalue weighted by Gasteiger charge is 2.36. The van der Waals surface area contributed by atoms with Crippen molar-refractivity contribution >= 4 is 0 Å². The maximum Gasteiger partial charge on any atom is 0.285 e. The molecule has 1 fully saturated rings. The Morgan fingerprint density at radius 3 is 2.67 bits per heavy atom. The molecule has 1 aliphatic heterocycles. The van der Waals surface area contributed by atoms with Gasteiger partial charge >= 0.3 is 0 Å². The largest absolute Gasteiger partial charge is 0.313 e. The molecule has 21 heavy (non-hydrogen) atoms. The van der Waals surface area contributed by atoms with Crippen LogP contribution < -0.4 is 5.32 Å². The number of halogens is 2. The second-order valence-corrected chi connectivity index (χ2v) is 6.08. The van der Waals surface area contributed by atoms with Crippen LogP contribution in [0.15, 0.2) is 30.3 Å². The molecule has 1 aliphatic rings. The molecular weight excluding hydrogens is 270 g/mol. The number of alkyl halides is 2. The van der Waals surface area contributed by atoms with Crippen molar-refractivity contribution in [1.82, 2.24) is 10.2 Å². The fraction of sp³-hybridized carbons (Fsp3) is 0.647. The zero-order chi connectivity index (χ0) is 15.3. The van der Waals surface area contributed by atoms with Gasteiger partial charge in [-0.3, -0.25) is 4.90 Å². The molecule has 0 bridgehead atoms. The van der Waals surface area contributed by atoms with Crippen LogP contribution in [-0.2, 0) is 5.92 Å². The molecule has 0 saturated carbocycles. The predicted octanol–water partition coefficient (Wildman–Crippen LogP) is 3.63. The van der Waals surface area contributed by atoms with Crippen LogP contribution in [-0.4, -0.2) is 36.6 Å². The summed E-state index contributed by atoms with van der Waals surface area (Å²) < 4.78 is 29.0. The van der Waals surface area contributed by atoms with Gasteiger partial charge in [-0.05, 0) is 26.3 Å². The lowest BCUT2D eigenvalue weighted by Crippen LogP contribution is -2.44. The monoisotopic (exact) mass is 296 g/mol. The maximum atomic E-state index is 14.5. The quantitative estimate of drug-likeness (QED) is 0.892. The van der Waals surface area contributed by atoms with Gasteiger partial charge in [0.2, 0.25) is 0 Å². The average Bonchev–Trinajstić information content (AvgIpc) is 2.62. The number of nitrogens with one attached hydrogen (secondary N) is 1. The molecule has 2 atom stereocenters. The van der Waals surface area contributed by atoms with E-state index in [0.29, 0.717) is 12.6 Å². The Labute approximate surface area is 126 Å². The van der Waals surface area contributed by atoms with Crippen LogP contribution >= 0.6 is 0 Å². The molecule has 1 aromatic carbocycles. The van der Waals surface area contributed by atoms with E-state index in [1.165, 1.54) is 12.1 Å². The molecule has 2 nitrogen and oxygen atoms in total. The van der Waals surface area contributed by atoms with Gasteiger partial charge in [0, 0.05) is 24.2 Å². The van der Waals surface area contributed by atoms with Crippen LogP contribution in [0.4, 0.5) is 8.78 Å². The van der Waals surface area contributed by atoms with Crippen molar-refractivity contribution in [3.63, 3.8) is 0 Å². The highest BCUT2D eigenvalue weighted by molar-refractivity contribution is 5.20. The lowest BCUT2D eigenvalue weighted by molar-refractivity contribution is -0.0469. The summed E-state index contributed by atoms with van der Waals surface area (Å²) in [7, 11) is 0. The number of nitrogens with zero attached hydrogens (tertiary/aromatic N) is 1. The van der Waals surface area contributed by atoms with Crippen molar-refractivity contribution < 1.29 is 8.78 Å². The molecule has 0 amide bonds. The first-order valence-corrected chi connectivity index (χ1v) is 7.93. The van der Waals surface area contributed by atoms with Crippen molar-refractivity contribution in [2.24, 2.45) is 0 Å². The lowest BCUT2D eigenvalue weighted by Gasteiger charge is -2.32. The van der Waals surface area contributed by atoms with E-state index in [2.05, 4.69) is 19.2 Å². The van der Waals surface area contributed by atoms with E-state index in [1.54, 1.807) is 18.2 Å². The third-order valence-electron chi connectivity index (χ3n) is 4.31. The summed E-state index contributed by atoms with van der Waals surface area (Å²) in [6, 6.07) is 8.68. The van der Waals surface area contributed by atoms with Crippen LogP contribution in [0.25, 0.3) is 0 Å². The zero-order valence-electron chi connectivity index (χ0n) is 13.0. The highest BCUT2D eigenvalue weighted by Crippen LogP contribution is 2.30. The second-order valence-electron chi connectivity index (χ2n) is 6.08. The van der Waals surface area contributed by atoms with Crippen molar-refractivity contribution in [2.75, 3.05) is 19.6 Å². The summed E-state index contributed by atoms with van der Waals surface area (Å²) in [4.78, 5) is 1.95. The standard InChI is InChI=1S/C17H26F2N2/c1-3-7-16-12-21(14(2)10-11-20-16)13-17(18,19)15-8-5-4-6-9-15/h4-6,8-9,14,16,20H,3,7,10-13H2,1-2H3. The van der Waals surface area contributed by atoms with Crippen molar-refractivity contribution in [2.45, 2.75) is 51.1 Å². The maximum absolute atomic E-state index is 14.5. The molecule has 1 aromatic rings. The fourth-order valence-corrected chi connectivity index (χ4v) is 3.00. The SMILES string of the molecule is CCCC1CN(CC(F)(F)c2ccccc2)C(C)CCN1. The van der Waals surface area contributed by atoms with E-state index in [0.717, 1.165) is 25.8 Å². The number of hydrogen-bond donors (Lipinski definition) is 1.